The minimum Gasteiger partial charge on any atom is -0.320 e. The lowest BCUT2D eigenvalue weighted by molar-refractivity contribution is 0.102. The summed E-state index contributed by atoms with van der Waals surface area (Å²) < 4.78 is 1.21. The van der Waals surface area contributed by atoms with Gasteiger partial charge >= 0.3 is 0 Å². The highest BCUT2D eigenvalue weighted by atomic mass is 16.2. The summed E-state index contributed by atoms with van der Waals surface area (Å²) in [6, 6.07) is 14.8. The second-order valence-electron chi connectivity index (χ2n) is 6.17. The lowest BCUT2D eigenvalue weighted by Gasteiger charge is -2.16. The molecule has 1 N–H and O–H groups in total. The highest BCUT2D eigenvalue weighted by Gasteiger charge is 2.17. The van der Waals surface area contributed by atoms with E-state index in [1.165, 1.54) is 4.68 Å². The first kappa shape index (κ1) is 16.9. The first-order chi connectivity index (χ1) is 12.0. The van der Waals surface area contributed by atoms with E-state index in [-0.39, 0.29) is 17.2 Å². The molecule has 2 aromatic carbocycles. The summed E-state index contributed by atoms with van der Waals surface area (Å²) >= 11 is 0. The predicted molar refractivity (Wildman–Crippen MR) is 100 cm³/mol. The van der Waals surface area contributed by atoms with Gasteiger partial charge in [0.15, 0.2) is 5.69 Å². The van der Waals surface area contributed by atoms with Crippen molar-refractivity contribution < 1.29 is 4.79 Å². The fourth-order valence-electron chi connectivity index (χ4n) is 2.91. The summed E-state index contributed by atoms with van der Waals surface area (Å²) in [7, 11) is 1.55. The van der Waals surface area contributed by atoms with Crippen molar-refractivity contribution in [2.75, 3.05) is 5.32 Å². The van der Waals surface area contributed by atoms with Gasteiger partial charge in [0.05, 0.1) is 5.39 Å². The molecule has 0 unspecified atom stereocenters. The molecule has 3 rings (SSSR count). The zero-order valence-electron chi connectivity index (χ0n) is 14.6. The normalized spacial score (nSPS) is 12.1. The number of nitrogens with one attached hydrogen (secondary N) is 1. The number of amides is 1. The Morgan fingerprint density at radius 2 is 1.76 bits per heavy atom. The van der Waals surface area contributed by atoms with E-state index in [0.717, 1.165) is 17.7 Å². The van der Waals surface area contributed by atoms with Crippen LogP contribution in [0.4, 0.5) is 5.69 Å². The van der Waals surface area contributed by atoms with Gasteiger partial charge < -0.3 is 5.32 Å². The Morgan fingerprint density at radius 1 is 1.12 bits per heavy atom. The maximum absolute atomic E-state index is 12.9. The molecule has 0 spiro atoms. The molecule has 0 aliphatic carbocycles. The second kappa shape index (κ2) is 6.89. The van der Waals surface area contributed by atoms with Crippen LogP contribution < -0.4 is 10.9 Å². The van der Waals surface area contributed by atoms with Gasteiger partial charge in [-0.15, -0.1) is 0 Å². The SMILES string of the molecule is CC[C@H](C)c1ccccc1NC(=O)c1nn(C)c(=O)c2ccccc12. The quantitative estimate of drug-likeness (QED) is 0.791. The molecule has 1 amide bonds. The largest absolute Gasteiger partial charge is 0.320 e. The number of aryl methyl sites for hydroxylation is 1. The number of aromatic nitrogens is 2. The fraction of sp³-hybridized carbons (Fsp3) is 0.250. The maximum Gasteiger partial charge on any atom is 0.276 e. The third kappa shape index (κ3) is 3.18. The van der Waals surface area contributed by atoms with Crippen LogP contribution in [0.5, 0.6) is 0 Å². The van der Waals surface area contributed by atoms with Gasteiger partial charge in [-0.2, -0.15) is 5.10 Å². The number of para-hydroxylation sites is 1. The van der Waals surface area contributed by atoms with E-state index in [2.05, 4.69) is 24.3 Å². The standard InChI is InChI=1S/C20H21N3O2/c1-4-13(2)14-9-7-8-12-17(14)21-19(24)18-15-10-5-6-11-16(15)20(25)23(3)22-18/h5-13H,4H2,1-3H3,(H,21,24)/t13-/m0/s1. The number of anilines is 1. The average molecular weight is 335 g/mol. The zero-order valence-corrected chi connectivity index (χ0v) is 14.6. The topological polar surface area (TPSA) is 64.0 Å². The molecule has 25 heavy (non-hydrogen) atoms. The number of benzene rings is 2. The van der Waals surface area contributed by atoms with Crippen LogP contribution in [-0.4, -0.2) is 15.7 Å². The fourth-order valence-corrected chi connectivity index (χ4v) is 2.91. The molecule has 5 heteroatoms. The number of fused-ring (bicyclic) bond motifs is 1. The van der Waals surface area contributed by atoms with Crippen LogP contribution in [-0.2, 0) is 7.05 Å². The third-order valence-corrected chi connectivity index (χ3v) is 4.52. The Bertz CT molecular complexity index is 992. The van der Waals surface area contributed by atoms with E-state index in [1.54, 1.807) is 31.3 Å². The lowest BCUT2D eigenvalue weighted by Crippen LogP contribution is -2.25. The van der Waals surface area contributed by atoms with Crippen LogP contribution in [0.15, 0.2) is 53.3 Å². The van der Waals surface area contributed by atoms with Crippen LogP contribution >= 0.6 is 0 Å². The second-order valence-corrected chi connectivity index (χ2v) is 6.17. The van der Waals surface area contributed by atoms with Gasteiger partial charge in [0.1, 0.15) is 0 Å². The molecule has 0 fully saturated rings. The Labute approximate surface area is 146 Å². The van der Waals surface area contributed by atoms with E-state index >= 15 is 0 Å². The molecule has 0 aliphatic heterocycles. The molecular weight excluding hydrogens is 314 g/mol. The molecule has 0 aliphatic rings. The number of hydrogen-bond donors (Lipinski definition) is 1. The molecule has 128 valence electrons. The van der Waals surface area contributed by atoms with E-state index in [0.29, 0.717) is 16.7 Å². The molecule has 0 radical (unpaired) electrons. The van der Waals surface area contributed by atoms with Gasteiger partial charge in [0, 0.05) is 18.1 Å². The molecule has 0 saturated heterocycles. The van der Waals surface area contributed by atoms with E-state index in [1.807, 2.05) is 24.3 Å². The molecule has 0 bridgehead atoms. The molecule has 0 saturated carbocycles. The van der Waals surface area contributed by atoms with Gasteiger partial charge in [-0.3, -0.25) is 9.59 Å². The van der Waals surface area contributed by atoms with Crippen molar-refractivity contribution in [3.05, 3.63) is 70.1 Å². The van der Waals surface area contributed by atoms with Crippen molar-refractivity contribution >= 4 is 22.4 Å². The van der Waals surface area contributed by atoms with Crippen molar-refractivity contribution in [2.45, 2.75) is 26.2 Å². The molecular formula is C20H21N3O2. The minimum atomic E-state index is -0.317. The number of carbonyl (C=O) groups excluding carboxylic acids is 1. The summed E-state index contributed by atoms with van der Waals surface area (Å²) in [6.45, 7) is 4.25. The van der Waals surface area contributed by atoms with Gasteiger partial charge in [0.25, 0.3) is 11.5 Å². The van der Waals surface area contributed by atoms with Crippen molar-refractivity contribution in [1.82, 2.24) is 9.78 Å². The third-order valence-electron chi connectivity index (χ3n) is 4.52. The first-order valence-corrected chi connectivity index (χ1v) is 8.39. The number of nitrogens with zero attached hydrogens (tertiary/aromatic N) is 2. The summed E-state index contributed by atoms with van der Waals surface area (Å²) in [4.78, 5) is 25.1. The molecule has 3 aromatic rings. The van der Waals surface area contributed by atoms with Crippen LogP contribution in [0.3, 0.4) is 0 Å². The Balaban J connectivity index is 2.05. The van der Waals surface area contributed by atoms with Crippen molar-refractivity contribution in [2.24, 2.45) is 7.05 Å². The van der Waals surface area contributed by atoms with Crippen molar-refractivity contribution in [1.29, 1.82) is 0 Å². The smallest absolute Gasteiger partial charge is 0.276 e. The van der Waals surface area contributed by atoms with Crippen LogP contribution in [0, 0.1) is 0 Å². The number of carbonyl (C=O) groups is 1. The van der Waals surface area contributed by atoms with Gasteiger partial charge in [-0.25, -0.2) is 4.68 Å². The highest BCUT2D eigenvalue weighted by molar-refractivity contribution is 6.11. The maximum atomic E-state index is 12.9. The summed E-state index contributed by atoms with van der Waals surface area (Å²) in [5.41, 5.74) is 1.90. The molecule has 5 nitrogen and oxygen atoms in total. The zero-order chi connectivity index (χ0) is 18.0. The van der Waals surface area contributed by atoms with Crippen molar-refractivity contribution in [3.63, 3.8) is 0 Å². The van der Waals surface area contributed by atoms with Gasteiger partial charge in [-0.1, -0.05) is 50.2 Å². The van der Waals surface area contributed by atoms with E-state index in [9.17, 15) is 9.59 Å². The molecule has 1 heterocycles. The number of rotatable bonds is 4. The predicted octanol–water partition coefficient (Wildman–Crippen LogP) is 3.70. The van der Waals surface area contributed by atoms with Crippen LogP contribution in [0.25, 0.3) is 10.8 Å². The monoisotopic (exact) mass is 335 g/mol. The average Bonchev–Trinajstić information content (AvgIpc) is 2.64. The minimum absolute atomic E-state index is 0.216. The van der Waals surface area contributed by atoms with E-state index in [4.69, 9.17) is 0 Å². The Morgan fingerprint density at radius 3 is 2.48 bits per heavy atom. The van der Waals surface area contributed by atoms with Gasteiger partial charge in [-0.05, 0) is 30.0 Å². The Kier molecular flexibility index (Phi) is 4.65. The molecule has 1 atom stereocenters. The first-order valence-electron chi connectivity index (χ1n) is 8.39. The van der Waals surface area contributed by atoms with Crippen LogP contribution in [0.1, 0.15) is 42.2 Å². The van der Waals surface area contributed by atoms with Crippen molar-refractivity contribution in [3.8, 4) is 0 Å². The number of hydrogen-bond acceptors (Lipinski definition) is 3. The van der Waals surface area contributed by atoms with Gasteiger partial charge in [0.2, 0.25) is 0 Å². The van der Waals surface area contributed by atoms with Crippen LogP contribution in [0.2, 0.25) is 0 Å². The molecule has 1 aromatic heterocycles. The summed E-state index contributed by atoms with van der Waals surface area (Å²) in [5, 5.41) is 8.19. The highest BCUT2D eigenvalue weighted by Crippen LogP contribution is 2.27. The lowest BCUT2D eigenvalue weighted by atomic mass is 9.97. The summed E-state index contributed by atoms with van der Waals surface area (Å²) in [6.07, 6.45) is 0.980. The Hall–Kier alpha value is -2.95. The summed E-state index contributed by atoms with van der Waals surface area (Å²) in [5.74, 6) is 0.0175. The van der Waals surface area contributed by atoms with E-state index < -0.39 is 0 Å².